The van der Waals surface area contributed by atoms with Gasteiger partial charge < -0.3 is 5.11 Å². The smallest absolute Gasteiger partial charge is 0.413 e. The Hall–Kier alpha value is -0.710. The van der Waals surface area contributed by atoms with Crippen LogP contribution in [0.3, 0.4) is 0 Å². The van der Waals surface area contributed by atoms with Crippen molar-refractivity contribution in [2.45, 2.75) is 25.5 Å². The summed E-state index contributed by atoms with van der Waals surface area (Å²) in [5.74, 6) is 0. The molecule has 0 unspecified atom stereocenters. The van der Waals surface area contributed by atoms with Gasteiger partial charge in [-0.05, 0) is 20.8 Å². The highest BCUT2D eigenvalue weighted by atomic mass is 32.2. The van der Waals surface area contributed by atoms with Gasteiger partial charge in [0.2, 0.25) is 0 Å². The van der Waals surface area contributed by atoms with Crippen LogP contribution >= 0.6 is 11.8 Å². The van der Waals surface area contributed by atoms with Gasteiger partial charge in [-0.1, -0.05) is 11.8 Å². The van der Waals surface area contributed by atoms with Crippen molar-refractivity contribution in [2.75, 3.05) is 13.1 Å². The van der Waals surface area contributed by atoms with Crippen LogP contribution < -0.4 is 0 Å². The number of nitrogens with zero attached hydrogens (tertiary/aromatic N) is 2. The van der Waals surface area contributed by atoms with Gasteiger partial charge in [0.05, 0.1) is 6.54 Å². The molecule has 1 heterocycles. The van der Waals surface area contributed by atoms with Crippen LogP contribution in [0.4, 0.5) is 4.79 Å². The number of carboxylic acid groups (broad SMARTS) is 1. The minimum absolute atomic E-state index is 0.0399. The van der Waals surface area contributed by atoms with Crippen molar-refractivity contribution in [3.8, 4) is 0 Å². The van der Waals surface area contributed by atoms with Gasteiger partial charge in [0.25, 0.3) is 0 Å². The van der Waals surface area contributed by atoms with Gasteiger partial charge in [-0.2, -0.15) is 0 Å². The van der Waals surface area contributed by atoms with Gasteiger partial charge in [-0.15, -0.1) is 0 Å². The maximum absolute atomic E-state index is 10.8. The monoisotopic (exact) mass is 202 g/mol. The number of amides is 1. The van der Waals surface area contributed by atoms with E-state index in [1.54, 1.807) is 0 Å². The molecule has 0 spiro atoms. The molecule has 1 rings (SSSR count). The number of hydrogen-bond acceptors (Lipinski definition) is 3. The Kier molecular flexibility index (Phi) is 2.85. The molecule has 0 saturated heterocycles. The molecule has 0 aromatic heterocycles. The minimum Gasteiger partial charge on any atom is -0.465 e. The third-order valence-corrected chi connectivity index (χ3v) is 2.95. The third kappa shape index (κ3) is 2.37. The summed E-state index contributed by atoms with van der Waals surface area (Å²) in [6.45, 7) is 7.07. The highest BCUT2D eigenvalue weighted by Gasteiger charge is 2.31. The standard InChI is InChI=1S/C8H14N2O2S/c1-4-10(7(11)12)6-9-5-8(2,3)13-6/h4-5H2,1-3H3,(H,11,12). The third-order valence-electron chi connectivity index (χ3n) is 1.74. The Balaban J connectivity index is 2.68. The SMILES string of the molecule is CCN(C(=O)O)C1=NCC(C)(C)S1. The second-order valence-electron chi connectivity index (χ2n) is 3.49. The summed E-state index contributed by atoms with van der Waals surface area (Å²) >= 11 is 1.52. The van der Waals surface area contributed by atoms with Gasteiger partial charge in [0.15, 0.2) is 5.17 Å². The summed E-state index contributed by atoms with van der Waals surface area (Å²) in [6, 6.07) is 0. The van der Waals surface area contributed by atoms with Gasteiger partial charge in [0, 0.05) is 11.3 Å². The Bertz CT molecular complexity index is 251. The van der Waals surface area contributed by atoms with Gasteiger partial charge in [-0.3, -0.25) is 9.89 Å². The van der Waals surface area contributed by atoms with E-state index in [0.29, 0.717) is 18.3 Å². The highest BCUT2D eigenvalue weighted by molar-refractivity contribution is 8.15. The van der Waals surface area contributed by atoms with Gasteiger partial charge >= 0.3 is 6.09 Å². The normalized spacial score (nSPS) is 19.8. The summed E-state index contributed by atoms with van der Waals surface area (Å²) in [6.07, 6.45) is -0.925. The number of thioether (sulfide) groups is 1. The van der Waals surface area contributed by atoms with E-state index in [2.05, 4.69) is 18.8 Å². The molecular formula is C8H14N2O2S. The van der Waals surface area contributed by atoms with Gasteiger partial charge in [-0.25, -0.2) is 4.79 Å². The second-order valence-corrected chi connectivity index (χ2v) is 5.16. The van der Waals surface area contributed by atoms with E-state index in [1.807, 2.05) is 6.92 Å². The minimum atomic E-state index is -0.925. The topological polar surface area (TPSA) is 52.9 Å². The molecule has 0 atom stereocenters. The van der Waals surface area contributed by atoms with Crippen molar-refractivity contribution in [3.05, 3.63) is 0 Å². The van der Waals surface area contributed by atoms with Crippen molar-refractivity contribution in [1.29, 1.82) is 0 Å². The fraction of sp³-hybridized carbons (Fsp3) is 0.750. The van der Waals surface area contributed by atoms with E-state index in [1.165, 1.54) is 16.7 Å². The zero-order valence-corrected chi connectivity index (χ0v) is 8.89. The Morgan fingerprint density at radius 3 is 2.69 bits per heavy atom. The summed E-state index contributed by atoms with van der Waals surface area (Å²) in [5.41, 5.74) is 0. The molecule has 0 aliphatic carbocycles. The maximum Gasteiger partial charge on any atom is 0.413 e. The van der Waals surface area contributed by atoms with Crippen molar-refractivity contribution < 1.29 is 9.90 Å². The first-order chi connectivity index (χ1) is 5.96. The Morgan fingerprint density at radius 2 is 2.38 bits per heavy atom. The van der Waals surface area contributed by atoms with E-state index in [4.69, 9.17) is 5.11 Å². The van der Waals surface area contributed by atoms with Crippen LogP contribution in [-0.2, 0) is 0 Å². The first-order valence-corrected chi connectivity index (χ1v) is 5.02. The van der Waals surface area contributed by atoms with Crippen LogP contribution in [0.5, 0.6) is 0 Å². The average Bonchev–Trinajstić information content (AvgIpc) is 2.31. The number of carbonyl (C=O) groups is 1. The summed E-state index contributed by atoms with van der Waals surface area (Å²) in [5, 5.41) is 9.46. The average molecular weight is 202 g/mol. The van der Waals surface area contributed by atoms with Crippen molar-refractivity contribution >= 4 is 23.0 Å². The van der Waals surface area contributed by atoms with Crippen LogP contribution in [0.15, 0.2) is 4.99 Å². The number of aliphatic imine (C=N–C) groups is 1. The van der Waals surface area contributed by atoms with E-state index < -0.39 is 6.09 Å². The number of hydrogen-bond donors (Lipinski definition) is 1. The first kappa shape index (κ1) is 10.4. The van der Waals surface area contributed by atoms with Crippen molar-refractivity contribution in [1.82, 2.24) is 4.90 Å². The van der Waals surface area contributed by atoms with Crippen molar-refractivity contribution in [2.24, 2.45) is 4.99 Å². The lowest BCUT2D eigenvalue weighted by Gasteiger charge is -2.19. The molecule has 0 saturated carbocycles. The first-order valence-electron chi connectivity index (χ1n) is 4.20. The predicted octanol–water partition coefficient (Wildman–Crippen LogP) is 1.87. The summed E-state index contributed by atoms with van der Waals surface area (Å²) < 4.78 is 0.0399. The van der Waals surface area contributed by atoms with Gasteiger partial charge in [0.1, 0.15) is 0 Å². The van der Waals surface area contributed by atoms with Crippen LogP contribution in [0.1, 0.15) is 20.8 Å². The quantitative estimate of drug-likeness (QED) is 0.706. The lowest BCUT2D eigenvalue weighted by atomic mass is 10.2. The summed E-state index contributed by atoms with van der Waals surface area (Å²) in [7, 11) is 0. The molecule has 0 fully saturated rings. The molecule has 13 heavy (non-hydrogen) atoms. The fourth-order valence-electron chi connectivity index (χ4n) is 1.06. The Morgan fingerprint density at radius 1 is 1.77 bits per heavy atom. The molecular weight excluding hydrogens is 188 g/mol. The number of rotatable bonds is 1. The molecule has 5 heteroatoms. The molecule has 0 bridgehead atoms. The lowest BCUT2D eigenvalue weighted by Crippen LogP contribution is -2.33. The van der Waals surface area contributed by atoms with Crippen LogP contribution in [0.25, 0.3) is 0 Å². The Labute approximate surface area is 82.0 Å². The van der Waals surface area contributed by atoms with E-state index in [-0.39, 0.29) is 4.75 Å². The van der Waals surface area contributed by atoms with Crippen LogP contribution in [-0.4, -0.2) is 39.1 Å². The molecule has 1 N–H and O–H groups in total. The molecule has 1 aliphatic rings. The van der Waals surface area contributed by atoms with E-state index in [9.17, 15) is 4.79 Å². The summed E-state index contributed by atoms with van der Waals surface area (Å²) in [4.78, 5) is 16.2. The maximum atomic E-state index is 10.8. The van der Waals surface area contributed by atoms with Crippen molar-refractivity contribution in [3.63, 3.8) is 0 Å². The molecule has 0 aromatic carbocycles. The molecule has 0 aromatic rings. The largest absolute Gasteiger partial charge is 0.465 e. The molecule has 4 nitrogen and oxygen atoms in total. The molecule has 1 aliphatic heterocycles. The zero-order valence-electron chi connectivity index (χ0n) is 8.07. The fourth-order valence-corrected chi connectivity index (χ4v) is 2.13. The van der Waals surface area contributed by atoms with Crippen LogP contribution in [0.2, 0.25) is 0 Å². The molecule has 1 amide bonds. The van der Waals surface area contributed by atoms with Crippen LogP contribution in [0, 0.1) is 0 Å². The lowest BCUT2D eigenvalue weighted by molar-refractivity contribution is 0.171. The zero-order chi connectivity index (χ0) is 10.1. The van der Waals surface area contributed by atoms with E-state index in [0.717, 1.165) is 0 Å². The highest BCUT2D eigenvalue weighted by Crippen LogP contribution is 2.33. The molecule has 74 valence electrons. The second kappa shape index (κ2) is 3.57. The van der Waals surface area contributed by atoms with E-state index >= 15 is 0 Å². The number of amidine groups is 1. The molecule has 0 radical (unpaired) electrons. The predicted molar refractivity (Wildman–Crippen MR) is 54.4 cm³/mol.